The van der Waals surface area contributed by atoms with E-state index in [0.29, 0.717) is 10.6 Å². The lowest BCUT2D eigenvalue weighted by Crippen LogP contribution is -1.97. The molecule has 0 aliphatic heterocycles. The summed E-state index contributed by atoms with van der Waals surface area (Å²) in [6.45, 7) is 1.88. The fraction of sp³-hybridized carbons (Fsp3) is 0.167. The van der Waals surface area contributed by atoms with E-state index < -0.39 is 0 Å². The van der Waals surface area contributed by atoms with E-state index in [1.807, 2.05) is 26.1 Å². The van der Waals surface area contributed by atoms with Gasteiger partial charge in [0.25, 0.3) is 0 Å². The number of benzene rings is 1. The van der Waals surface area contributed by atoms with Crippen LogP contribution < -0.4 is 0 Å². The Morgan fingerprint density at radius 1 is 1.47 bits per heavy atom. The van der Waals surface area contributed by atoms with Crippen LogP contribution in [0, 0.1) is 18.3 Å². The summed E-state index contributed by atoms with van der Waals surface area (Å²) in [5.74, 6) is 0. The average molecular weight is 311 g/mol. The minimum atomic E-state index is 0.482. The van der Waals surface area contributed by atoms with E-state index in [-0.39, 0.29) is 0 Å². The molecule has 0 saturated carbocycles. The summed E-state index contributed by atoms with van der Waals surface area (Å²) in [6, 6.07) is 5.94. The highest BCUT2D eigenvalue weighted by atomic mass is 79.9. The van der Waals surface area contributed by atoms with Crippen LogP contribution in [0.3, 0.4) is 0 Å². The smallest absolute Gasteiger partial charge is 0.101 e. The molecule has 0 unspecified atom stereocenters. The highest BCUT2D eigenvalue weighted by molar-refractivity contribution is 9.10. The Hall–Kier alpha value is -1.31. The summed E-state index contributed by atoms with van der Waals surface area (Å²) >= 11 is 9.58. The monoisotopic (exact) mass is 309 g/mol. The van der Waals surface area contributed by atoms with Crippen molar-refractivity contribution >= 4 is 27.5 Å². The van der Waals surface area contributed by atoms with Crippen molar-refractivity contribution in [3.63, 3.8) is 0 Å². The van der Waals surface area contributed by atoms with Crippen LogP contribution in [0.25, 0.3) is 11.3 Å². The molecule has 2 aromatic rings. The Morgan fingerprint density at radius 2 is 2.18 bits per heavy atom. The molecule has 5 heteroatoms. The Morgan fingerprint density at radius 3 is 2.71 bits per heavy atom. The molecule has 0 N–H and O–H groups in total. The third-order valence-corrected chi connectivity index (χ3v) is 3.66. The van der Waals surface area contributed by atoms with Crippen molar-refractivity contribution in [2.45, 2.75) is 6.92 Å². The van der Waals surface area contributed by atoms with Crippen LogP contribution in [0.15, 0.2) is 22.8 Å². The lowest BCUT2D eigenvalue weighted by atomic mass is 10.0. The van der Waals surface area contributed by atoms with Gasteiger partial charge in [0.15, 0.2) is 0 Å². The molecule has 0 saturated heterocycles. The van der Waals surface area contributed by atoms with Crippen molar-refractivity contribution in [3.8, 4) is 17.3 Å². The lowest BCUT2D eigenvalue weighted by Gasteiger charge is -2.09. The van der Waals surface area contributed by atoms with Crippen LogP contribution in [-0.4, -0.2) is 9.78 Å². The normalized spacial score (nSPS) is 10.3. The van der Waals surface area contributed by atoms with Gasteiger partial charge in [-0.25, -0.2) is 0 Å². The van der Waals surface area contributed by atoms with Crippen LogP contribution >= 0.6 is 27.5 Å². The van der Waals surface area contributed by atoms with Gasteiger partial charge in [0.2, 0.25) is 0 Å². The summed E-state index contributed by atoms with van der Waals surface area (Å²) < 4.78 is 2.56. The molecule has 0 fully saturated rings. The Balaban J connectivity index is 2.78. The second-order valence-corrected chi connectivity index (χ2v) is 4.93. The molecule has 0 aliphatic carbocycles. The predicted octanol–water partition coefficient (Wildman–Crippen LogP) is 3.68. The quantitative estimate of drug-likeness (QED) is 0.806. The summed E-state index contributed by atoms with van der Waals surface area (Å²) in [7, 11) is 1.83. The van der Waals surface area contributed by atoms with E-state index in [1.54, 1.807) is 10.9 Å². The first-order valence-corrected chi connectivity index (χ1v) is 6.10. The minimum Gasteiger partial charge on any atom is -0.267 e. The van der Waals surface area contributed by atoms with Gasteiger partial charge in [0.05, 0.1) is 26.9 Å². The first-order chi connectivity index (χ1) is 8.06. The fourth-order valence-electron chi connectivity index (χ4n) is 1.70. The average Bonchev–Trinajstić information content (AvgIpc) is 2.63. The van der Waals surface area contributed by atoms with Gasteiger partial charge in [-0.05, 0) is 28.4 Å². The van der Waals surface area contributed by atoms with Crippen molar-refractivity contribution in [3.05, 3.63) is 39.0 Å². The van der Waals surface area contributed by atoms with Crippen LogP contribution in [-0.2, 0) is 7.05 Å². The summed E-state index contributed by atoms with van der Waals surface area (Å²) in [5.41, 5.74) is 3.01. The molecule has 0 radical (unpaired) electrons. The van der Waals surface area contributed by atoms with E-state index in [0.717, 1.165) is 21.3 Å². The van der Waals surface area contributed by atoms with E-state index in [1.165, 1.54) is 0 Å². The third kappa shape index (κ3) is 1.97. The topological polar surface area (TPSA) is 41.6 Å². The van der Waals surface area contributed by atoms with Crippen LogP contribution in [0.4, 0.5) is 0 Å². The molecule has 86 valence electrons. The maximum absolute atomic E-state index is 9.22. The first kappa shape index (κ1) is 12.2. The van der Waals surface area contributed by atoms with Gasteiger partial charge < -0.3 is 0 Å². The second-order valence-electron chi connectivity index (χ2n) is 3.70. The van der Waals surface area contributed by atoms with Crippen LogP contribution in [0.2, 0.25) is 5.02 Å². The number of nitrogens with zero attached hydrogens (tertiary/aromatic N) is 3. The van der Waals surface area contributed by atoms with Crippen molar-refractivity contribution in [1.82, 2.24) is 9.78 Å². The Labute approximate surface area is 113 Å². The summed E-state index contributed by atoms with van der Waals surface area (Å²) in [4.78, 5) is 0. The SMILES string of the molecule is Cc1ccc(-c2c(Br)cnn2C)c(C#N)c1Cl. The maximum atomic E-state index is 9.22. The van der Waals surface area contributed by atoms with E-state index in [4.69, 9.17) is 11.6 Å². The number of hydrogen-bond acceptors (Lipinski definition) is 2. The van der Waals surface area contributed by atoms with Crippen LogP contribution in [0.5, 0.6) is 0 Å². The largest absolute Gasteiger partial charge is 0.267 e. The molecule has 3 nitrogen and oxygen atoms in total. The molecule has 0 amide bonds. The van der Waals surface area contributed by atoms with Gasteiger partial charge in [-0.15, -0.1) is 0 Å². The number of nitriles is 1. The maximum Gasteiger partial charge on any atom is 0.101 e. The molecule has 1 aromatic carbocycles. The zero-order chi connectivity index (χ0) is 12.6. The lowest BCUT2D eigenvalue weighted by molar-refractivity contribution is 0.775. The molecule has 0 spiro atoms. The molecule has 0 atom stereocenters. The van der Waals surface area contributed by atoms with Gasteiger partial charge in [-0.2, -0.15) is 10.4 Å². The van der Waals surface area contributed by atoms with Gasteiger partial charge in [-0.3, -0.25) is 4.68 Å². The predicted molar refractivity (Wildman–Crippen MR) is 70.8 cm³/mol. The fourth-order valence-corrected chi connectivity index (χ4v) is 2.47. The number of halogens is 2. The minimum absolute atomic E-state index is 0.482. The van der Waals surface area contributed by atoms with Crippen molar-refractivity contribution in [2.24, 2.45) is 7.05 Å². The molecule has 1 heterocycles. The summed E-state index contributed by atoms with van der Waals surface area (Å²) in [6.07, 6.45) is 1.70. The molecule has 0 aliphatic rings. The van der Waals surface area contributed by atoms with Crippen molar-refractivity contribution in [1.29, 1.82) is 5.26 Å². The number of rotatable bonds is 1. The number of hydrogen-bond donors (Lipinski definition) is 0. The molecule has 2 rings (SSSR count). The van der Waals surface area contributed by atoms with Crippen molar-refractivity contribution in [2.75, 3.05) is 0 Å². The zero-order valence-electron chi connectivity index (χ0n) is 9.33. The summed E-state index contributed by atoms with van der Waals surface area (Å²) in [5, 5.41) is 13.9. The molecule has 1 aromatic heterocycles. The zero-order valence-corrected chi connectivity index (χ0v) is 11.7. The van der Waals surface area contributed by atoms with Gasteiger partial charge in [-0.1, -0.05) is 23.7 Å². The highest BCUT2D eigenvalue weighted by Gasteiger charge is 2.16. The molecular weight excluding hydrogens is 302 g/mol. The Bertz CT molecular complexity index is 606. The van der Waals surface area contributed by atoms with E-state index in [2.05, 4.69) is 27.1 Å². The Kier molecular flexibility index (Phi) is 3.23. The molecule has 17 heavy (non-hydrogen) atoms. The van der Waals surface area contributed by atoms with Gasteiger partial charge in [0.1, 0.15) is 6.07 Å². The highest BCUT2D eigenvalue weighted by Crippen LogP contribution is 2.34. The van der Waals surface area contributed by atoms with Crippen LogP contribution in [0.1, 0.15) is 11.1 Å². The third-order valence-electron chi connectivity index (χ3n) is 2.60. The number of aromatic nitrogens is 2. The molecule has 0 bridgehead atoms. The van der Waals surface area contributed by atoms with E-state index in [9.17, 15) is 5.26 Å². The van der Waals surface area contributed by atoms with Gasteiger partial charge >= 0.3 is 0 Å². The van der Waals surface area contributed by atoms with E-state index >= 15 is 0 Å². The van der Waals surface area contributed by atoms with Gasteiger partial charge in [0, 0.05) is 12.6 Å². The first-order valence-electron chi connectivity index (χ1n) is 4.93. The molecular formula is C12H9BrClN3. The second kappa shape index (κ2) is 4.52. The van der Waals surface area contributed by atoms with Crippen molar-refractivity contribution < 1.29 is 0 Å². The standard InChI is InChI=1S/C12H9BrClN3/c1-7-3-4-8(9(5-15)11(7)14)12-10(13)6-16-17(12)2/h3-4,6H,1-2H3. The number of aryl methyl sites for hydroxylation is 2.